The Morgan fingerprint density at radius 3 is 2.21 bits per heavy atom. The molecular formula is C24H32N4O4S. The highest BCUT2D eigenvalue weighted by molar-refractivity contribution is 7.89. The van der Waals surface area contributed by atoms with Gasteiger partial charge in [-0.2, -0.15) is 4.31 Å². The van der Waals surface area contributed by atoms with Gasteiger partial charge in [0.1, 0.15) is 5.54 Å². The largest absolute Gasteiger partial charge is 0.368 e. The lowest BCUT2D eigenvalue weighted by atomic mass is 9.91. The average Bonchev–Trinajstić information content (AvgIpc) is 2.83. The molecule has 2 amide bonds. The molecule has 1 atom stereocenters. The van der Waals surface area contributed by atoms with E-state index >= 15 is 0 Å². The van der Waals surface area contributed by atoms with Crippen LogP contribution in [0.4, 0.5) is 5.69 Å². The SMILES string of the molecule is CN(C1CCCCC1)S(=O)(=O)c1ccc(NC(=O)CN[C@@](C)(C(N)=O)c2ccccc2)cc1. The number of hydrogen-bond donors (Lipinski definition) is 3. The molecule has 33 heavy (non-hydrogen) atoms. The Kier molecular flexibility index (Phi) is 7.88. The van der Waals surface area contributed by atoms with Crippen LogP contribution in [-0.2, 0) is 25.2 Å². The molecule has 8 nitrogen and oxygen atoms in total. The lowest BCUT2D eigenvalue weighted by molar-refractivity contribution is -0.124. The fraction of sp³-hybridized carbons (Fsp3) is 0.417. The van der Waals surface area contributed by atoms with Gasteiger partial charge in [-0.05, 0) is 49.6 Å². The van der Waals surface area contributed by atoms with Gasteiger partial charge in [-0.15, -0.1) is 0 Å². The smallest absolute Gasteiger partial charge is 0.243 e. The summed E-state index contributed by atoms with van der Waals surface area (Å²) in [5, 5.41) is 5.64. The van der Waals surface area contributed by atoms with Crippen molar-refractivity contribution in [2.45, 2.75) is 55.5 Å². The fourth-order valence-electron chi connectivity index (χ4n) is 4.08. The quantitative estimate of drug-likeness (QED) is 0.518. The molecule has 2 aromatic carbocycles. The predicted molar refractivity (Wildman–Crippen MR) is 128 cm³/mol. The molecule has 2 aromatic rings. The van der Waals surface area contributed by atoms with Crippen LogP contribution in [0.1, 0.15) is 44.6 Å². The normalized spacial score (nSPS) is 16.8. The third kappa shape index (κ3) is 5.79. The molecule has 0 bridgehead atoms. The van der Waals surface area contributed by atoms with Crippen LogP contribution in [0.5, 0.6) is 0 Å². The zero-order valence-corrected chi connectivity index (χ0v) is 19.9. The van der Waals surface area contributed by atoms with E-state index in [0.29, 0.717) is 11.3 Å². The molecule has 1 fully saturated rings. The number of amides is 2. The molecule has 0 heterocycles. The highest BCUT2D eigenvalue weighted by atomic mass is 32.2. The lowest BCUT2D eigenvalue weighted by Gasteiger charge is -2.30. The molecule has 178 valence electrons. The third-order valence-electron chi connectivity index (χ3n) is 6.35. The van der Waals surface area contributed by atoms with Crippen molar-refractivity contribution in [3.05, 3.63) is 60.2 Å². The number of anilines is 1. The minimum Gasteiger partial charge on any atom is -0.368 e. The number of benzene rings is 2. The van der Waals surface area contributed by atoms with Crippen LogP contribution in [0.25, 0.3) is 0 Å². The second-order valence-corrected chi connectivity index (χ2v) is 10.6. The van der Waals surface area contributed by atoms with E-state index in [2.05, 4.69) is 10.6 Å². The van der Waals surface area contributed by atoms with Gasteiger partial charge in [0.05, 0.1) is 11.4 Å². The molecule has 0 radical (unpaired) electrons. The van der Waals surface area contributed by atoms with Crippen molar-refractivity contribution < 1.29 is 18.0 Å². The number of rotatable bonds is 9. The standard InChI is InChI=1S/C24H32N4O4S/c1-24(23(25)30,18-9-5-3-6-10-18)26-17-22(29)27-19-13-15-21(16-14-19)33(31,32)28(2)20-11-7-4-8-12-20/h3,5-6,9-10,13-16,20,26H,4,7-8,11-12,17H2,1-2H3,(H2,25,30)(H,27,29)/t24-/m1/s1. The number of nitrogens with one attached hydrogen (secondary N) is 2. The van der Waals surface area contributed by atoms with Gasteiger partial charge in [-0.3, -0.25) is 14.9 Å². The maximum atomic E-state index is 13.0. The number of nitrogens with zero attached hydrogens (tertiary/aromatic N) is 1. The summed E-state index contributed by atoms with van der Waals surface area (Å²) < 4.78 is 27.4. The molecule has 0 spiro atoms. The van der Waals surface area contributed by atoms with E-state index in [0.717, 1.165) is 32.1 Å². The van der Waals surface area contributed by atoms with Gasteiger partial charge in [-0.1, -0.05) is 49.6 Å². The molecule has 4 N–H and O–H groups in total. The Bertz CT molecular complexity index is 1070. The van der Waals surface area contributed by atoms with E-state index < -0.39 is 21.5 Å². The van der Waals surface area contributed by atoms with Gasteiger partial charge in [0.25, 0.3) is 0 Å². The summed E-state index contributed by atoms with van der Waals surface area (Å²) in [6, 6.07) is 15.1. The average molecular weight is 473 g/mol. The van der Waals surface area contributed by atoms with E-state index in [1.165, 1.54) is 16.4 Å². The zero-order chi connectivity index (χ0) is 24.1. The van der Waals surface area contributed by atoms with Gasteiger partial charge in [0.15, 0.2) is 0 Å². The molecule has 0 unspecified atom stereocenters. The van der Waals surface area contributed by atoms with Crippen LogP contribution in [0, 0.1) is 0 Å². The third-order valence-corrected chi connectivity index (χ3v) is 8.27. The van der Waals surface area contributed by atoms with Crippen LogP contribution in [0.3, 0.4) is 0 Å². The second kappa shape index (κ2) is 10.5. The molecule has 1 aliphatic carbocycles. The number of hydrogen-bond acceptors (Lipinski definition) is 5. The van der Waals surface area contributed by atoms with Crippen molar-refractivity contribution >= 4 is 27.5 Å². The Morgan fingerprint density at radius 1 is 1.03 bits per heavy atom. The molecule has 0 aromatic heterocycles. The van der Waals surface area contributed by atoms with Crippen molar-refractivity contribution in [3.63, 3.8) is 0 Å². The van der Waals surface area contributed by atoms with Gasteiger partial charge in [-0.25, -0.2) is 8.42 Å². The summed E-state index contributed by atoms with van der Waals surface area (Å²) in [6.45, 7) is 1.47. The van der Waals surface area contributed by atoms with Crippen LogP contribution >= 0.6 is 0 Å². The Labute approximate surface area is 195 Å². The number of carbonyl (C=O) groups is 2. The topological polar surface area (TPSA) is 122 Å². The molecule has 9 heteroatoms. The summed E-state index contributed by atoms with van der Waals surface area (Å²) >= 11 is 0. The maximum absolute atomic E-state index is 13.0. The van der Waals surface area contributed by atoms with Crippen molar-refractivity contribution in [1.82, 2.24) is 9.62 Å². The molecule has 3 rings (SSSR count). The second-order valence-electron chi connectivity index (χ2n) is 8.59. The van der Waals surface area contributed by atoms with E-state index in [1.807, 2.05) is 6.07 Å². The van der Waals surface area contributed by atoms with Gasteiger partial charge in [0.2, 0.25) is 21.8 Å². The van der Waals surface area contributed by atoms with Crippen LogP contribution < -0.4 is 16.4 Å². The number of primary amides is 1. The molecule has 0 aliphatic heterocycles. The highest BCUT2D eigenvalue weighted by Gasteiger charge is 2.33. The number of sulfonamides is 1. The first kappa shape index (κ1) is 24.9. The fourth-order valence-corrected chi connectivity index (χ4v) is 5.50. The van der Waals surface area contributed by atoms with Crippen LogP contribution in [0.2, 0.25) is 0 Å². The monoisotopic (exact) mass is 472 g/mol. The minimum atomic E-state index is -3.60. The van der Waals surface area contributed by atoms with Crippen molar-refractivity contribution in [2.75, 3.05) is 18.9 Å². The Hall–Kier alpha value is -2.75. The first-order valence-electron chi connectivity index (χ1n) is 11.1. The summed E-state index contributed by atoms with van der Waals surface area (Å²) in [5.74, 6) is -0.980. The van der Waals surface area contributed by atoms with Crippen molar-refractivity contribution in [2.24, 2.45) is 5.73 Å². The van der Waals surface area contributed by atoms with E-state index in [9.17, 15) is 18.0 Å². The van der Waals surface area contributed by atoms with E-state index in [-0.39, 0.29) is 23.4 Å². The number of nitrogens with two attached hydrogens (primary N) is 1. The predicted octanol–water partition coefficient (Wildman–Crippen LogP) is 2.57. The summed E-state index contributed by atoms with van der Waals surface area (Å²) in [6.07, 6.45) is 5.00. The van der Waals surface area contributed by atoms with E-state index in [4.69, 9.17) is 5.73 Å². The van der Waals surface area contributed by atoms with Gasteiger partial charge in [0, 0.05) is 18.8 Å². The first-order chi connectivity index (χ1) is 15.6. The summed E-state index contributed by atoms with van der Waals surface area (Å²) in [4.78, 5) is 24.7. The first-order valence-corrected chi connectivity index (χ1v) is 12.6. The summed E-state index contributed by atoms with van der Waals surface area (Å²) in [7, 11) is -1.96. The minimum absolute atomic E-state index is 0.0263. The molecular weight excluding hydrogens is 440 g/mol. The van der Waals surface area contributed by atoms with Crippen molar-refractivity contribution in [1.29, 1.82) is 0 Å². The van der Waals surface area contributed by atoms with E-state index in [1.54, 1.807) is 50.4 Å². The Balaban J connectivity index is 1.62. The molecule has 0 saturated heterocycles. The Morgan fingerprint density at radius 2 is 1.64 bits per heavy atom. The van der Waals surface area contributed by atoms with Crippen molar-refractivity contribution in [3.8, 4) is 0 Å². The lowest BCUT2D eigenvalue weighted by Crippen LogP contribution is -2.52. The molecule has 1 saturated carbocycles. The highest BCUT2D eigenvalue weighted by Crippen LogP contribution is 2.27. The van der Waals surface area contributed by atoms with Crippen LogP contribution in [-0.4, -0.2) is 44.2 Å². The number of carbonyl (C=O) groups excluding carboxylic acids is 2. The van der Waals surface area contributed by atoms with Gasteiger partial charge < -0.3 is 11.1 Å². The molecule has 1 aliphatic rings. The summed E-state index contributed by atoms with van der Waals surface area (Å²) in [5.41, 5.74) is 5.49. The van der Waals surface area contributed by atoms with Crippen LogP contribution in [0.15, 0.2) is 59.5 Å². The maximum Gasteiger partial charge on any atom is 0.243 e. The zero-order valence-electron chi connectivity index (χ0n) is 19.1. The van der Waals surface area contributed by atoms with Gasteiger partial charge >= 0.3 is 0 Å².